The van der Waals surface area contributed by atoms with Gasteiger partial charge in [0.05, 0.1) is 6.10 Å². The lowest BCUT2D eigenvalue weighted by Crippen LogP contribution is -2.47. The summed E-state index contributed by atoms with van der Waals surface area (Å²) in [6.45, 7) is 4.41. The first-order chi connectivity index (χ1) is 6.54. The zero-order valence-corrected chi connectivity index (χ0v) is 9.12. The van der Waals surface area contributed by atoms with Gasteiger partial charge < -0.3 is 5.11 Å². The van der Waals surface area contributed by atoms with Gasteiger partial charge in [0.1, 0.15) is 5.78 Å². The van der Waals surface area contributed by atoms with Gasteiger partial charge in [-0.3, -0.25) is 4.79 Å². The van der Waals surface area contributed by atoms with Gasteiger partial charge in [0.25, 0.3) is 0 Å². The van der Waals surface area contributed by atoms with Crippen molar-refractivity contribution in [3.63, 3.8) is 0 Å². The van der Waals surface area contributed by atoms with Crippen LogP contribution in [0.2, 0.25) is 0 Å². The van der Waals surface area contributed by atoms with Crippen LogP contribution in [0.1, 0.15) is 46.0 Å². The van der Waals surface area contributed by atoms with Crippen LogP contribution in [0.25, 0.3) is 0 Å². The third-order valence-electron chi connectivity index (χ3n) is 4.78. The summed E-state index contributed by atoms with van der Waals surface area (Å²) in [7, 11) is 0. The SMILES string of the molecule is C[C@@H]1[C@H](O)CC[C@H]2CC(=O)CC[C@]21C. The molecule has 2 rings (SSSR count). The molecule has 0 aromatic rings. The van der Waals surface area contributed by atoms with Crippen LogP contribution >= 0.6 is 0 Å². The Morgan fingerprint density at radius 1 is 1.43 bits per heavy atom. The van der Waals surface area contributed by atoms with E-state index in [1.165, 1.54) is 0 Å². The van der Waals surface area contributed by atoms with E-state index in [0.717, 1.165) is 32.1 Å². The van der Waals surface area contributed by atoms with Gasteiger partial charge in [-0.05, 0) is 36.5 Å². The molecule has 2 nitrogen and oxygen atoms in total. The van der Waals surface area contributed by atoms with Gasteiger partial charge >= 0.3 is 0 Å². The molecule has 2 aliphatic carbocycles. The van der Waals surface area contributed by atoms with E-state index in [0.29, 0.717) is 17.6 Å². The lowest BCUT2D eigenvalue weighted by Gasteiger charge is -2.50. The monoisotopic (exact) mass is 196 g/mol. The first kappa shape index (κ1) is 10.2. The molecule has 0 spiro atoms. The zero-order chi connectivity index (χ0) is 10.3. The van der Waals surface area contributed by atoms with Crippen LogP contribution < -0.4 is 0 Å². The molecule has 2 aliphatic rings. The van der Waals surface area contributed by atoms with Crippen molar-refractivity contribution in [1.82, 2.24) is 0 Å². The highest BCUT2D eigenvalue weighted by atomic mass is 16.3. The lowest BCUT2D eigenvalue weighted by atomic mass is 9.55. The van der Waals surface area contributed by atoms with E-state index in [9.17, 15) is 9.90 Å². The Hall–Kier alpha value is -0.370. The van der Waals surface area contributed by atoms with E-state index < -0.39 is 0 Å². The number of carbonyl (C=O) groups is 1. The fourth-order valence-electron chi connectivity index (χ4n) is 3.32. The van der Waals surface area contributed by atoms with E-state index in [4.69, 9.17) is 0 Å². The lowest BCUT2D eigenvalue weighted by molar-refractivity contribution is -0.132. The minimum Gasteiger partial charge on any atom is -0.393 e. The van der Waals surface area contributed by atoms with E-state index >= 15 is 0 Å². The molecule has 2 fully saturated rings. The number of hydrogen-bond acceptors (Lipinski definition) is 2. The number of aliphatic hydroxyl groups is 1. The van der Waals surface area contributed by atoms with Crippen molar-refractivity contribution >= 4 is 5.78 Å². The molecule has 0 amide bonds. The second kappa shape index (κ2) is 3.34. The van der Waals surface area contributed by atoms with Gasteiger partial charge in [-0.2, -0.15) is 0 Å². The van der Waals surface area contributed by atoms with Crippen LogP contribution in [-0.2, 0) is 4.79 Å². The fourth-order valence-corrected chi connectivity index (χ4v) is 3.32. The molecule has 2 saturated carbocycles. The molecule has 0 aromatic carbocycles. The predicted molar refractivity (Wildman–Crippen MR) is 54.9 cm³/mol. The van der Waals surface area contributed by atoms with Crippen LogP contribution in [0.15, 0.2) is 0 Å². The largest absolute Gasteiger partial charge is 0.393 e. The zero-order valence-electron chi connectivity index (χ0n) is 9.12. The van der Waals surface area contributed by atoms with Gasteiger partial charge in [-0.1, -0.05) is 13.8 Å². The van der Waals surface area contributed by atoms with Crippen LogP contribution in [0.3, 0.4) is 0 Å². The Morgan fingerprint density at radius 2 is 2.14 bits per heavy atom. The predicted octanol–water partition coefficient (Wildman–Crippen LogP) is 2.15. The second-order valence-corrected chi connectivity index (χ2v) is 5.38. The van der Waals surface area contributed by atoms with Crippen molar-refractivity contribution < 1.29 is 9.90 Å². The third kappa shape index (κ3) is 1.40. The van der Waals surface area contributed by atoms with Gasteiger partial charge in [0.15, 0.2) is 0 Å². The van der Waals surface area contributed by atoms with Gasteiger partial charge in [-0.15, -0.1) is 0 Å². The molecular formula is C12H20O2. The molecule has 0 aliphatic heterocycles. The molecule has 0 saturated heterocycles. The molecule has 0 unspecified atom stereocenters. The molecule has 14 heavy (non-hydrogen) atoms. The maximum absolute atomic E-state index is 11.4. The van der Waals surface area contributed by atoms with Crippen LogP contribution in [0.4, 0.5) is 0 Å². The summed E-state index contributed by atoms with van der Waals surface area (Å²) >= 11 is 0. The van der Waals surface area contributed by atoms with Crippen LogP contribution in [0, 0.1) is 17.3 Å². The Balaban J connectivity index is 2.20. The molecule has 1 N–H and O–H groups in total. The summed E-state index contributed by atoms with van der Waals surface area (Å²) in [4.78, 5) is 11.4. The number of rotatable bonds is 0. The summed E-state index contributed by atoms with van der Waals surface area (Å²) in [6, 6.07) is 0. The number of hydrogen-bond donors (Lipinski definition) is 1. The molecular weight excluding hydrogens is 176 g/mol. The smallest absolute Gasteiger partial charge is 0.133 e. The topological polar surface area (TPSA) is 37.3 Å². The van der Waals surface area contributed by atoms with E-state index in [-0.39, 0.29) is 11.5 Å². The van der Waals surface area contributed by atoms with Crippen LogP contribution in [-0.4, -0.2) is 17.0 Å². The Morgan fingerprint density at radius 3 is 2.86 bits per heavy atom. The molecule has 0 bridgehead atoms. The van der Waals surface area contributed by atoms with Crippen molar-refractivity contribution in [3.8, 4) is 0 Å². The summed E-state index contributed by atoms with van der Waals surface area (Å²) in [5.74, 6) is 1.31. The van der Waals surface area contributed by atoms with Crippen molar-refractivity contribution in [2.75, 3.05) is 0 Å². The van der Waals surface area contributed by atoms with Crippen molar-refractivity contribution in [2.45, 2.75) is 52.1 Å². The average molecular weight is 196 g/mol. The molecule has 0 heterocycles. The number of carbonyl (C=O) groups excluding carboxylic acids is 1. The third-order valence-corrected chi connectivity index (χ3v) is 4.78. The number of fused-ring (bicyclic) bond motifs is 1. The first-order valence-corrected chi connectivity index (χ1v) is 5.74. The number of Topliss-reactive ketones (excluding diaryl/α,β-unsaturated/α-hetero) is 1. The Bertz CT molecular complexity index is 249. The fraction of sp³-hybridized carbons (Fsp3) is 0.917. The Labute approximate surface area is 85.7 Å². The summed E-state index contributed by atoms with van der Waals surface area (Å²) in [6.07, 6.45) is 4.24. The van der Waals surface area contributed by atoms with Gasteiger partial charge in [-0.25, -0.2) is 0 Å². The first-order valence-electron chi connectivity index (χ1n) is 5.74. The molecule has 0 radical (unpaired) electrons. The quantitative estimate of drug-likeness (QED) is 0.644. The maximum atomic E-state index is 11.4. The highest BCUT2D eigenvalue weighted by molar-refractivity contribution is 5.79. The molecule has 80 valence electrons. The Kier molecular flexibility index (Phi) is 2.42. The molecule has 4 atom stereocenters. The second-order valence-electron chi connectivity index (χ2n) is 5.38. The highest BCUT2D eigenvalue weighted by Crippen LogP contribution is 2.52. The number of aliphatic hydroxyl groups excluding tert-OH is 1. The minimum absolute atomic E-state index is 0.149. The number of ketones is 1. The summed E-state index contributed by atoms with van der Waals surface area (Å²) in [5, 5.41) is 9.86. The van der Waals surface area contributed by atoms with Crippen molar-refractivity contribution in [1.29, 1.82) is 0 Å². The minimum atomic E-state index is -0.149. The van der Waals surface area contributed by atoms with Crippen LogP contribution in [0.5, 0.6) is 0 Å². The van der Waals surface area contributed by atoms with Gasteiger partial charge in [0.2, 0.25) is 0 Å². The maximum Gasteiger partial charge on any atom is 0.133 e. The van der Waals surface area contributed by atoms with E-state index in [1.54, 1.807) is 0 Å². The van der Waals surface area contributed by atoms with Crippen molar-refractivity contribution in [2.24, 2.45) is 17.3 Å². The average Bonchev–Trinajstić information content (AvgIpc) is 2.16. The standard InChI is InChI=1S/C12H20O2/c1-8-11(14)4-3-9-7-10(13)5-6-12(8,9)2/h8-9,11,14H,3-7H2,1-2H3/t8-,9+,11-,12+/m1/s1. The van der Waals surface area contributed by atoms with Crippen molar-refractivity contribution in [3.05, 3.63) is 0 Å². The molecule has 2 heteroatoms. The summed E-state index contributed by atoms with van der Waals surface area (Å²) < 4.78 is 0. The van der Waals surface area contributed by atoms with Gasteiger partial charge in [0, 0.05) is 12.8 Å². The highest BCUT2D eigenvalue weighted by Gasteiger charge is 2.48. The van der Waals surface area contributed by atoms with E-state index in [1.807, 2.05) is 0 Å². The summed E-state index contributed by atoms with van der Waals surface area (Å²) in [5.41, 5.74) is 0.214. The van der Waals surface area contributed by atoms with E-state index in [2.05, 4.69) is 13.8 Å². The molecule has 0 aromatic heterocycles. The normalized spacial score (nSPS) is 48.8.